The molecule has 0 aliphatic rings. The molecule has 5 heteroatoms. The van der Waals surface area contributed by atoms with E-state index in [1.165, 1.54) is 0 Å². The number of amides is 1. The average Bonchev–Trinajstić information content (AvgIpc) is 2.53. The number of methoxy groups -OCH3 is 1. The Kier molecular flexibility index (Phi) is 5.06. The van der Waals surface area contributed by atoms with E-state index in [0.717, 1.165) is 17.0 Å². The van der Waals surface area contributed by atoms with Crippen LogP contribution in [0.25, 0.3) is 0 Å². The van der Waals surface area contributed by atoms with Gasteiger partial charge < -0.3 is 15.4 Å². The fourth-order valence-electron chi connectivity index (χ4n) is 2.01. The second-order valence-electron chi connectivity index (χ2n) is 4.43. The molecule has 110 valence electrons. The molecule has 21 heavy (non-hydrogen) atoms. The zero-order chi connectivity index (χ0) is 15.2. The van der Waals surface area contributed by atoms with Crippen molar-refractivity contribution in [3.05, 3.63) is 58.6 Å². The van der Waals surface area contributed by atoms with Crippen molar-refractivity contribution >= 4 is 23.2 Å². The molecular weight excluding hydrogens is 288 g/mol. The Balaban J connectivity index is 2.15. The third kappa shape index (κ3) is 3.67. The Morgan fingerprint density at radius 1 is 1.24 bits per heavy atom. The SMILES string of the molecule is CNC(=O)c1cccc(NCc2c(Cl)cccc2OC)c1. The highest BCUT2D eigenvalue weighted by atomic mass is 35.5. The standard InChI is InChI=1S/C16H17ClN2O2/c1-18-16(20)11-5-3-6-12(9-11)19-10-13-14(17)7-4-8-15(13)21-2/h3-9,19H,10H2,1-2H3,(H,18,20). The molecule has 0 unspecified atom stereocenters. The molecule has 0 atom stereocenters. The van der Waals surface area contributed by atoms with Gasteiger partial charge in [-0.2, -0.15) is 0 Å². The van der Waals surface area contributed by atoms with Gasteiger partial charge >= 0.3 is 0 Å². The maximum absolute atomic E-state index is 11.6. The van der Waals surface area contributed by atoms with Gasteiger partial charge in [0.25, 0.3) is 5.91 Å². The van der Waals surface area contributed by atoms with Crippen LogP contribution in [-0.4, -0.2) is 20.1 Å². The van der Waals surface area contributed by atoms with E-state index in [9.17, 15) is 4.79 Å². The topological polar surface area (TPSA) is 50.4 Å². The third-order valence-corrected chi connectivity index (χ3v) is 3.47. The van der Waals surface area contributed by atoms with Gasteiger partial charge in [-0.1, -0.05) is 23.7 Å². The summed E-state index contributed by atoms with van der Waals surface area (Å²) in [5.74, 6) is 0.617. The molecule has 2 rings (SSSR count). The Morgan fingerprint density at radius 3 is 2.71 bits per heavy atom. The van der Waals surface area contributed by atoms with Crippen LogP contribution in [0.3, 0.4) is 0 Å². The molecular formula is C16H17ClN2O2. The minimum absolute atomic E-state index is 0.117. The zero-order valence-electron chi connectivity index (χ0n) is 11.9. The van der Waals surface area contributed by atoms with E-state index < -0.39 is 0 Å². The smallest absolute Gasteiger partial charge is 0.251 e. The lowest BCUT2D eigenvalue weighted by molar-refractivity contribution is 0.0963. The Labute approximate surface area is 129 Å². The van der Waals surface area contributed by atoms with Gasteiger partial charge in [0.05, 0.1) is 7.11 Å². The monoisotopic (exact) mass is 304 g/mol. The van der Waals surface area contributed by atoms with Crippen LogP contribution in [0.15, 0.2) is 42.5 Å². The number of nitrogens with one attached hydrogen (secondary N) is 2. The van der Waals surface area contributed by atoms with Crippen molar-refractivity contribution < 1.29 is 9.53 Å². The lowest BCUT2D eigenvalue weighted by Gasteiger charge is -2.12. The number of carbonyl (C=O) groups excluding carboxylic acids is 1. The first-order chi connectivity index (χ1) is 10.2. The molecule has 0 aliphatic heterocycles. The Hall–Kier alpha value is -2.20. The van der Waals surface area contributed by atoms with E-state index in [0.29, 0.717) is 17.1 Å². The summed E-state index contributed by atoms with van der Waals surface area (Å²) in [4.78, 5) is 11.6. The van der Waals surface area contributed by atoms with E-state index in [2.05, 4.69) is 10.6 Å². The molecule has 0 fully saturated rings. The maximum atomic E-state index is 11.6. The highest BCUT2D eigenvalue weighted by Gasteiger charge is 2.08. The average molecular weight is 305 g/mol. The van der Waals surface area contributed by atoms with Gasteiger partial charge in [-0.15, -0.1) is 0 Å². The minimum Gasteiger partial charge on any atom is -0.496 e. The molecule has 0 aliphatic carbocycles. The van der Waals surface area contributed by atoms with Crippen molar-refractivity contribution in [1.29, 1.82) is 0 Å². The number of anilines is 1. The number of rotatable bonds is 5. The molecule has 2 N–H and O–H groups in total. The van der Waals surface area contributed by atoms with Gasteiger partial charge in [-0.05, 0) is 30.3 Å². The lowest BCUT2D eigenvalue weighted by Crippen LogP contribution is -2.17. The van der Waals surface area contributed by atoms with Crippen LogP contribution in [0.4, 0.5) is 5.69 Å². The highest BCUT2D eigenvalue weighted by molar-refractivity contribution is 6.31. The Bertz CT molecular complexity index is 644. The summed E-state index contributed by atoms with van der Waals surface area (Å²) in [6.07, 6.45) is 0. The fraction of sp³-hybridized carbons (Fsp3) is 0.188. The van der Waals surface area contributed by atoms with Crippen LogP contribution >= 0.6 is 11.6 Å². The molecule has 0 spiro atoms. The molecule has 0 bridgehead atoms. The first-order valence-electron chi connectivity index (χ1n) is 6.53. The molecule has 0 aromatic heterocycles. The summed E-state index contributed by atoms with van der Waals surface area (Å²) in [5, 5.41) is 6.50. The normalized spacial score (nSPS) is 10.0. The molecule has 2 aromatic carbocycles. The van der Waals surface area contributed by atoms with E-state index in [1.807, 2.05) is 30.3 Å². The summed E-state index contributed by atoms with van der Waals surface area (Å²) < 4.78 is 5.31. The van der Waals surface area contributed by atoms with Gasteiger partial charge in [-0.25, -0.2) is 0 Å². The Morgan fingerprint density at radius 2 is 2.00 bits per heavy atom. The second-order valence-corrected chi connectivity index (χ2v) is 4.84. The number of benzene rings is 2. The molecule has 0 heterocycles. The van der Waals surface area contributed by atoms with Gasteiger partial charge in [-0.3, -0.25) is 4.79 Å². The highest BCUT2D eigenvalue weighted by Crippen LogP contribution is 2.27. The summed E-state index contributed by atoms with van der Waals surface area (Å²) in [7, 11) is 3.22. The van der Waals surface area contributed by atoms with E-state index in [4.69, 9.17) is 16.3 Å². The predicted octanol–water partition coefficient (Wildman–Crippen LogP) is 3.32. The number of carbonyl (C=O) groups is 1. The van der Waals surface area contributed by atoms with E-state index >= 15 is 0 Å². The number of halogens is 1. The molecule has 2 aromatic rings. The van der Waals surface area contributed by atoms with Crippen molar-refractivity contribution in [3.63, 3.8) is 0 Å². The first-order valence-corrected chi connectivity index (χ1v) is 6.91. The molecule has 1 amide bonds. The molecule has 0 saturated heterocycles. The van der Waals surface area contributed by atoms with Gasteiger partial charge in [0.15, 0.2) is 0 Å². The van der Waals surface area contributed by atoms with Crippen LogP contribution < -0.4 is 15.4 Å². The van der Waals surface area contributed by atoms with Gasteiger partial charge in [0.1, 0.15) is 5.75 Å². The molecule has 0 radical (unpaired) electrons. The van der Waals surface area contributed by atoms with Crippen molar-refractivity contribution in [2.75, 3.05) is 19.5 Å². The number of ether oxygens (including phenoxy) is 1. The lowest BCUT2D eigenvalue weighted by atomic mass is 10.1. The van der Waals surface area contributed by atoms with Crippen LogP contribution in [0.2, 0.25) is 5.02 Å². The van der Waals surface area contributed by atoms with Crippen LogP contribution in [0.1, 0.15) is 15.9 Å². The maximum Gasteiger partial charge on any atom is 0.251 e. The second kappa shape index (κ2) is 6.99. The van der Waals surface area contributed by atoms with Crippen LogP contribution in [0.5, 0.6) is 5.75 Å². The first kappa shape index (κ1) is 15.2. The largest absolute Gasteiger partial charge is 0.496 e. The van der Waals surface area contributed by atoms with E-state index in [-0.39, 0.29) is 5.91 Å². The van der Waals surface area contributed by atoms with Crippen molar-refractivity contribution in [3.8, 4) is 5.75 Å². The summed E-state index contributed by atoms with van der Waals surface area (Å²) in [6.45, 7) is 0.514. The van der Waals surface area contributed by atoms with Crippen molar-refractivity contribution in [1.82, 2.24) is 5.32 Å². The molecule has 4 nitrogen and oxygen atoms in total. The van der Waals surface area contributed by atoms with Gasteiger partial charge in [0, 0.05) is 35.4 Å². The van der Waals surface area contributed by atoms with Crippen molar-refractivity contribution in [2.24, 2.45) is 0 Å². The fourth-order valence-corrected chi connectivity index (χ4v) is 2.24. The summed E-state index contributed by atoms with van der Waals surface area (Å²) in [6, 6.07) is 12.8. The predicted molar refractivity (Wildman–Crippen MR) is 85.2 cm³/mol. The van der Waals surface area contributed by atoms with E-state index in [1.54, 1.807) is 26.3 Å². The number of hydrogen-bond donors (Lipinski definition) is 2. The quantitative estimate of drug-likeness (QED) is 0.891. The summed E-state index contributed by atoms with van der Waals surface area (Å²) in [5.41, 5.74) is 2.33. The molecule has 0 saturated carbocycles. The van der Waals surface area contributed by atoms with Crippen LogP contribution in [-0.2, 0) is 6.54 Å². The minimum atomic E-state index is -0.117. The van der Waals surface area contributed by atoms with Crippen LogP contribution in [0, 0.1) is 0 Å². The zero-order valence-corrected chi connectivity index (χ0v) is 12.7. The van der Waals surface area contributed by atoms with Gasteiger partial charge in [0.2, 0.25) is 0 Å². The van der Waals surface area contributed by atoms with Crippen molar-refractivity contribution in [2.45, 2.75) is 6.54 Å². The summed E-state index contributed by atoms with van der Waals surface area (Å²) >= 11 is 6.19. The third-order valence-electron chi connectivity index (χ3n) is 3.12. The number of hydrogen-bond acceptors (Lipinski definition) is 3.